The van der Waals surface area contributed by atoms with Gasteiger partial charge in [0.25, 0.3) is 10.0 Å². The molecule has 11 heteroatoms. The summed E-state index contributed by atoms with van der Waals surface area (Å²) in [6.45, 7) is 0. The Morgan fingerprint density at radius 2 is 2.00 bits per heavy atom. The summed E-state index contributed by atoms with van der Waals surface area (Å²) < 4.78 is 66.6. The first-order valence-electron chi connectivity index (χ1n) is 4.07. The number of alkyl halides is 3. The summed E-state index contributed by atoms with van der Waals surface area (Å²) in [5, 5.41) is 3.98. The van der Waals surface area contributed by atoms with Crippen molar-refractivity contribution in [1.29, 1.82) is 0 Å². The Kier molecular flexibility index (Phi) is 4.27. The summed E-state index contributed by atoms with van der Waals surface area (Å²) in [6, 6.07) is 1.02. The Hall–Kier alpha value is -0.820. The fourth-order valence-electron chi connectivity index (χ4n) is 0.971. The fourth-order valence-corrected chi connectivity index (χ4v) is 2.12. The lowest BCUT2D eigenvalue weighted by Gasteiger charge is -2.12. The van der Waals surface area contributed by atoms with E-state index in [1.807, 2.05) is 0 Å². The molecule has 0 aliphatic rings. The molecule has 18 heavy (non-hydrogen) atoms. The van der Waals surface area contributed by atoms with Crippen molar-refractivity contribution in [2.75, 3.05) is 7.11 Å². The second-order valence-corrected chi connectivity index (χ2v) is 5.51. The highest BCUT2D eigenvalue weighted by Gasteiger charge is 2.34. The van der Waals surface area contributed by atoms with Gasteiger partial charge in [0.05, 0.1) is 10.7 Å². The van der Waals surface area contributed by atoms with Gasteiger partial charge in [0.1, 0.15) is 0 Å². The monoisotopic (exact) mass is 398 g/mol. The summed E-state index contributed by atoms with van der Waals surface area (Å²) in [6.07, 6.45) is -4.99. The molecule has 1 aromatic heterocycles. The number of hydrogen-bond donors (Lipinski definition) is 1. The number of ether oxygens (including phenoxy) is 2. The summed E-state index contributed by atoms with van der Waals surface area (Å²) in [5.41, 5.74) is 0. The summed E-state index contributed by atoms with van der Waals surface area (Å²) >= 11 is 1.49. The lowest BCUT2D eigenvalue weighted by molar-refractivity contribution is -0.276. The molecule has 0 fully saturated rings. The van der Waals surface area contributed by atoms with Crippen LogP contribution in [0.1, 0.15) is 0 Å². The molecule has 6 nitrogen and oxygen atoms in total. The zero-order valence-corrected chi connectivity index (χ0v) is 11.6. The number of pyridine rings is 1. The van der Waals surface area contributed by atoms with Gasteiger partial charge in [-0.2, -0.15) is 4.98 Å². The van der Waals surface area contributed by atoms with Crippen LogP contribution >= 0.6 is 22.6 Å². The van der Waals surface area contributed by atoms with E-state index in [0.717, 1.165) is 13.2 Å². The maximum Gasteiger partial charge on any atom is 0.574 e. The van der Waals surface area contributed by atoms with E-state index in [1.165, 1.54) is 22.6 Å². The van der Waals surface area contributed by atoms with E-state index in [0.29, 0.717) is 0 Å². The number of nitrogens with two attached hydrogens (primary N) is 1. The molecule has 0 unspecified atom stereocenters. The molecule has 0 saturated heterocycles. The number of nitrogens with zero attached hydrogens (tertiary/aromatic N) is 1. The second-order valence-electron chi connectivity index (χ2n) is 2.88. The van der Waals surface area contributed by atoms with Crippen LogP contribution in [0.25, 0.3) is 0 Å². The molecule has 1 rings (SSSR count). The fraction of sp³-hybridized carbons (Fsp3) is 0.286. The van der Waals surface area contributed by atoms with Crippen molar-refractivity contribution in [3.05, 3.63) is 9.64 Å². The highest BCUT2D eigenvalue weighted by atomic mass is 127. The van der Waals surface area contributed by atoms with Crippen molar-refractivity contribution >= 4 is 32.6 Å². The van der Waals surface area contributed by atoms with Crippen molar-refractivity contribution in [3.8, 4) is 11.6 Å². The molecule has 1 heterocycles. The predicted molar refractivity (Wildman–Crippen MR) is 61.6 cm³/mol. The van der Waals surface area contributed by atoms with Gasteiger partial charge in [-0.25, -0.2) is 13.6 Å². The van der Waals surface area contributed by atoms with Crippen LogP contribution in [0, 0.1) is 3.57 Å². The normalized spacial score (nSPS) is 12.3. The van der Waals surface area contributed by atoms with Gasteiger partial charge in [-0.15, -0.1) is 13.2 Å². The molecule has 0 bridgehead atoms. The molecule has 0 atom stereocenters. The summed E-state index contributed by atoms with van der Waals surface area (Å²) in [7, 11) is -3.20. The molecule has 0 aliphatic heterocycles. The minimum Gasteiger partial charge on any atom is -0.494 e. The molecule has 1 aromatic rings. The number of aromatic nitrogens is 1. The number of hydrogen-bond acceptors (Lipinski definition) is 5. The van der Waals surface area contributed by atoms with E-state index in [-0.39, 0.29) is 9.32 Å². The quantitative estimate of drug-likeness (QED) is 0.774. The minimum atomic E-state index is -4.99. The number of sulfonamides is 1. The highest BCUT2D eigenvalue weighted by Crippen LogP contribution is 2.31. The molecule has 0 saturated carbocycles. The van der Waals surface area contributed by atoms with E-state index in [1.54, 1.807) is 0 Å². The maximum absolute atomic E-state index is 12.1. The van der Waals surface area contributed by atoms with Gasteiger partial charge in [-0.1, -0.05) is 0 Å². The van der Waals surface area contributed by atoms with Crippen LogP contribution in [-0.4, -0.2) is 26.9 Å². The Morgan fingerprint density at radius 1 is 1.44 bits per heavy atom. The summed E-state index contributed by atoms with van der Waals surface area (Å²) in [4.78, 5) is 3.21. The zero-order chi connectivity index (χ0) is 14.1. The Balaban J connectivity index is 3.40. The van der Waals surface area contributed by atoms with Gasteiger partial charge in [0, 0.05) is 6.07 Å². The standard InChI is InChI=1S/C7H6F3IN2O4S/c1-16-4-2-3(11)5(17-7(8,9)10)13-6(4)18(12,14)15/h2H,1H3,(H2,12,14,15). The van der Waals surface area contributed by atoms with E-state index in [4.69, 9.17) is 5.14 Å². The van der Waals surface area contributed by atoms with E-state index < -0.39 is 27.3 Å². The lowest BCUT2D eigenvalue weighted by atomic mass is 10.4. The van der Waals surface area contributed by atoms with Crippen LogP contribution in [0.15, 0.2) is 11.1 Å². The van der Waals surface area contributed by atoms with Gasteiger partial charge < -0.3 is 9.47 Å². The molecule has 0 spiro atoms. The Morgan fingerprint density at radius 3 is 2.39 bits per heavy atom. The topological polar surface area (TPSA) is 91.5 Å². The van der Waals surface area contributed by atoms with Crippen LogP contribution in [0.3, 0.4) is 0 Å². The average Bonchev–Trinajstić information content (AvgIpc) is 2.16. The van der Waals surface area contributed by atoms with Crippen LogP contribution < -0.4 is 14.6 Å². The number of rotatable bonds is 3. The first-order valence-corrected chi connectivity index (χ1v) is 6.70. The van der Waals surface area contributed by atoms with Crippen LogP contribution in [0.5, 0.6) is 11.6 Å². The van der Waals surface area contributed by atoms with Crippen molar-refractivity contribution in [3.63, 3.8) is 0 Å². The predicted octanol–water partition coefficient (Wildman–Crippen LogP) is 1.24. The van der Waals surface area contributed by atoms with Crippen LogP contribution in [0.4, 0.5) is 13.2 Å². The first-order chi connectivity index (χ1) is 8.04. The zero-order valence-electron chi connectivity index (χ0n) is 8.66. The summed E-state index contributed by atoms with van der Waals surface area (Å²) in [5.74, 6) is -1.18. The van der Waals surface area contributed by atoms with Gasteiger partial charge in [0.15, 0.2) is 5.75 Å². The number of methoxy groups -OCH3 is 1. The molecule has 0 aromatic carbocycles. The molecule has 102 valence electrons. The molecule has 0 radical (unpaired) electrons. The van der Waals surface area contributed by atoms with Crippen molar-refractivity contribution in [1.82, 2.24) is 4.98 Å². The first kappa shape index (κ1) is 15.2. The molecular weight excluding hydrogens is 392 g/mol. The third kappa shape index (κ3) is 3.84. The molecule has 2 N–H and O–H groups in total. The lowest BCUT2D eigenvalue weighted by Crippen LogP contribution is -2.21. The van der Waals surface area contributed by atoms with Crippen molar-refractivity contribution in [2.24, 2.45) is 5.14 Å². The molecular formula is C7H6F3IN2O4S. The van der Waals surface area contributed by atoms with Crippen molar-refractivity contribution in [2.45, 2.75) is 11.4 Å². The highest BCUT2D eigenvalue weighted by molar-refractivity contribution is 14.1. The third-order valence-corrected chi connectivity index (χ3v) is 3.18. The van der Waals surface area contributed by atoms with E-state index >= 15 is 0 Å². The average molecular weight is 398 g/mol. The van der Waals surface area contributed by atoms with Crippen LogP contribution in [0.2, 0.25) is 0 Å². The SMILES string of the molecule is COc1cc(I)c(OC(F)(F)F)nc1S(N)(=O)=O. The molecule has 0 amide bonds. The Labute approximate surface area is 113 Å². The maximum atomic E-state index is 12.1. The third-order valence-electron chi connectivity index (χ3n) is 1.58. The van der Waals surface area contributed by atoms with Gasteiger partial charge in [0.2, 0.25) is 10.9 Å². The smallest absolute Gasteiger partial charge is 0.494 e. The van der Waals surface area contributed by atoms with Crippen LogP contribution in [-0.2, 0) is 10.0 Å². The van der Waals surface area contributed by atoms with Gasteiger partial charge in [-0.05, 0) is 22.6 Å². The van der Waals surface area contributed by atoms with Gasteiger partial charge in [-0.3, -0.25) is 0 Å². The number of primary sulfonamides is 1. The minimum absolute atomic E-state index is 0.0748. The number of halogens is 4. The van der Waals surface area contributed by atoms with E-state index in [9.17, 15) is 21.6 Å². The van der Waals surface area contributed by atoms with Crippen molar-refractivity contribution < 1.29 is 31.1 Å². The largest absolute Gasteiger partial charge is 0.574 e. The van der Waals surface area contributed by atoms with Gasteiger partial charge >= 0.3 is 6.36 Å². The Bertz CT molecular complexity index is 561. The van der Waals surface area contributed by atoms with E-state index in [2.05, 4.69) is 14.5 Å². The second kappa shape index (κ2) is 5.05. The molecule has 0 aliphatic carbocycles.